The van der Waals surface area contributed by atoms with Crippen molar-refractivity contribution in [1.29, 1.82) is 0 Å². The van der Waals surface area contributed by atoms with Crippen molar-refractivity contribution in [2.75, 3.05) is 23.7 Å². The van der Waals surface area contributed by atoms with Gasteiger partial charge in [-0.2, -0.15) is 0 Å². The molecule has 2 heterocycles. The minimum absolute atomic E-state index is 0.0670. The Morgan fingerprint density at radius 3 is 2.11 bits per heavy atom. The summed E-state index contributed by atoms with van der Waals surface area (Å²) in [5, 5.41) is 0. The topological polar surface area (TPSA) is 55.0 Å². The first kappa shape index (κ1) is 14.1. The minimum Gasteiger partial charge on any atom is -0.383 e. The summed E-state index contributed by atoms with van der Waals surface area (Å²) in [7, 11) is 0. The van der Waals surface area contributed by atoms with E-state index in [-0.39, 0.29) is 5.41 Å². The molecule has 4 heteroatoms. The maximum absolute atomic E-state index is 6.09. The summed E-state index contributed by atoms with van der Waals surface area (Å²) in [5.74, 6) is 2.51. The second kappa shape index (κ2) is 5.35. The van der Waals surface area contributed by atoms with Gasteiger partial charge in [0.1, 0.15) is 17.5 Å². The molecule has 1 aliphatic rings. The van der Waals surface area contributed by atoms with Crippen LogP contribution in [0.4, 0.5) is 11.6 Å². The van der Waals surface area contributed by atoms with E-state index in [9.17, 15) is 0 Å². The summed E-state index contributed by atoms with van der Waals surface area (Å²) in [4.78, 5) is 11.7. The number of hydrogen-bond acceptors (Lipinski definition) is 4. The van der Waals surface area contributed by atoms with Crippen molar-refractivity contribution in [1.82, 2.24) is 9.97 Å². The molecule has 0 amide bonds. The fraction of sp³-hybridized carbons (Fsp3) is 0.733. The predicted octanol–water partition coefficient (Wildman–Crippen LogP) is 3.05. The molecule has 0 aromatic carbocycles. The zero-order chi connectivity index (χ0) is 14.0. The SMILES string of the molecule is Cc1c(N)nc(C(C)(C)C)nc1N1CCCCCC1. The largest absolute Gasteiger partial charge is 0.383 e. The van der Waals surface area contributed by atoms with Crippen LogP contribution in [0.1, 0.15) is 57.8 Å². The van der Waals surface area contributed by atoms with Crippen molar-refractivity contribution < 1.29 is 0 Å². The first-order chi connectivity index (χ1) is 8.89. The summed E-state index contributed by atoms with van der Waals surface area (Å²) < 4.78 is 0. The van der Waals surface area contributed by atoms with Crippen molar-refractivity contribution in [3.8, 4) is 0 Å². The van der Waals surface area contributed by atoms with Crippen molar-refractivity contribution >= 4 is 11.6 Å². The van der Waals surface area contributed by atoms with Crippen LogP contribution in [0.2, 0.25) is 0 Å². The van der Waals surface area contributed by atoms with E-state index in [1.54, 1.807) is 0 Å². The van der Waals surface area contributed by atoms with E-state index in [2.05, 4.69) is 30.7 Å². The lowest BCUT2D eigenvalue weighted by Crippen LogP contribution is -2.28. The number of nitrogens with zero attached hydrogens (tertiary/aromatic N) is 3. The Morgan fingerprint density at radius 2 is 1.58 bits per heavy atom. The number of aromatic nitrogens is 2. The highest BCUT2D eigenvalue weighted by Gasteiger charge is 2.23. The summed E-state index contributed by atoms with van der Waals surface area (Å²) in [6.07, 6.45) is 5.13. The van der Waals surface area contributed by atoms with E-state index in [0.29, 0.717) is 5.82 Å². The van der Waals surface area contributed by atoms with Crippen LogP contribution < -0.4 is 10.6 Å². The molecule has 4 nitrogen and oxygen atoms in total. The Balaban J connectivity index is 2.40. The lowest BCUT2D eigenvalue weighted by atomic mass is 9.95. The Bertz CT molecular complexity index is 440. The van der Waals surface area contributed by atoms with Gasteiger partial charge < -0.3 is 10.6 Å². The number of hydrogen-bond donors (Lipinski definition) is 1. The molecule has 2 N–H and O–H groups in total. The molecular weight excluding hydrogens is 236 g/mol. The van der Waals surface area contributed by atoms with E-state index < -0.39 is 0 Å². The van der Waals surface area contributed by atoms with Crippen LogP contribution in [0, 0.1) is 6.92 Å². The predicted molar refractivity (Wildman–Crippen MR) is 80.6 cm³/mol. The fourth-order valence-electron chi connectivity index (χ4n) is 2.45. The maximum Gasteiger partial charge on any atom is 0.138 e. The van der Waals surface area contributed by atoms with Crippen LogP contribution in [0.25, 0.3) is 0 Å². The van der Waals surface area contributed by atoms with Crippen molar-refractivity contribution in [3.63, 3.8) is 0 Å². The maximum atomic E-state index is 6.09. The summed E-state index contributed by atoms with van der Waals surface area (Å²) in [5.41, 5.74) is 7.04. The Hall–Kier alpha value is -1.32. The fourth-order valence-corrected chi connectivity index (χ4v) is 2.45. The molecule has 1 aliphatic heterocycles. The van der Waals surface area contributed by atoms with Gasteiger partial charge in [0.05, 0.1) is 0 Å². The van der Waals surface area contributed by atoms with Gasteiger partial charge in [-0.15, -0.1) is 0 Å². The number of rotatable bonds is 1. The van der Waals surface area contributed by atoms with Gasteiger partial charge in [0.2, 0.25) is 0 Å². The van der Waals surface area contributed by atoms with Gasteiger partial charge in [-0.3, -0.25) is 0 Å². The summed E-state index contributed by atoms with van der Waals surface area (Å²) >= 11 is 0. The van der Waals surface area contributed by atoms with Gasteiger partial charge in [-0.25, -0.2) is 9.97 Å². The highest BCUT2D eigenvalue weighted by atomic mass is 15.2. The molecule has 1 fully saturated rings. The van der Waals surface area contributed by atoms with Crippen molar-refractivity contribution in [3.05, 3.63) is 11.4 Å². The molecule has 1 saturated heterocycles. The molecule has 0 radical (unpaired) electrons. The third-order valence-electron chi connectivity index (χ3n) is 3.73. The van der Waals surface area contributed by atoms with Gasteiger partial charge in [0.15, 0.2) is 0 Å². The molecule has 1 aromatic heterocycles. The zero-order valence-electron chi connectivity index (χ0n) is 12.7. The van der Waals surface area contributed by atoms with Gasteiger partial charge in [-0.05, 0) is 19.8 Å². The molecule has 1 aromatic rings. The van der Waals surface area contributed by atoms with Gasteiger partial charge >= 0.3 is 0 Å². The van der Waals surface area contributed by atoms with E-state index >= 15 is 0 Å². The molecule has 0 aliphatic carbocycles. The average Bonchev–Trinajstić information content (AvgIpc) is 2.59. The standard InChI is InChI=1S/C15H26N4/c1-11-12(16)17-14(15(2,3)4)18-13(11)19-9-7-5-6-8-10-19/h5-10H2,1-4H3,(H2,16,17,18). The first-order valence-corrected chi connectivity index (χ1v) is 7.29. The van der Waals surface area contributed by atoms with Crippen LogP contribution in [-0.4, -0.2) is 23.1 Å². The number of anilines is 2. The highest BCUT2D eigenvalue weighted by molar-refractivity contribution is 5.57. The molecule has 0 unspecified atom stereocenters. The Labute approximate surface area is 116 Å². The molecule has 0 bridgehead atoms. The Morgan fingerprint density at radius 1 is 1.00 bits per heavy atom. The third kappa shape index (κ3) is 3.17. The zero-order valence-corrected chi connectivity index (χ0v) is 12.7. The van der Waals surface area contributed by atoms with Gasteiger partial charge in [-0.1, -0.05) is 33.6 Å². The molecule has 0 atom stereocenters. The molecule has 2 rings (SSSR count). The van der Waals surface area contributed by atoms with Gasteiger partial charge in [0.25, 0.3) is 0 Å². The van der Waals surface area contributed by atoms with Crippen molar-refractivity contribution in [2.45, 2.75) is 58.8 Å². The number of nitrogens with two attached hydrogens (primary N) is 1. The molecule has 19 heavy (non-hydrogen) atoms. The van der Waals surface area contributed by atoms with E-state index in [1.165, 1.54) is 25.7 Å². The quantitative estimate of drug-likeness (QED) is 0.845. The molecule has 0 saturated carbocycles. The van der Waals surface area contributed by atoms with E-state index in [1.807, 2.05) is 6.92 Å². The smallest absolute Gasteiger partial charge is 0.138 e. The van der Waals surface area contributed by atoms with E-state index in [0.717, 1.165) is 30.3 Å². The van der Waals surface area contributed by atoms with Crippen LogP contribution in [0.15, 0.2) is 0 Å². The average molecular weight is 262 g/mol. The monoisotopic (exact) mass is 262 g/mol. The lowest BCUT2D eigenvalue weighted by Gasteiger charge is -2.26. The van der Waals surface area contributed by atoms with Crippen LogP contribution in [0.5, 0.6) is 0 Å². The third-order valence-corrected chi connectivity index (χ3v) is 3.73. The van der Waals surface area contributed by atoms with Crippen LogP contribution in [-0.2, 0) is 5.41 Å². The highest BCUT2D eigenvalue weighted by Crippen LogP contribution is 2.28. The molecular formula is C15H26N4. The minimum atomic E-state index is -0.0670. The second-order valence-electron chi connectivity index (χ2n) is 6.53. The summed E-state index contributed by atoms with van der Waals surface area (Å²) in [6, 6.07) is 0. The van der Waals surface area contributed by atoms with Crippen molar-refractivity contribution in [2.24, 2.45) is 0 Å². The molecule has 106 valence electrons. The summed E-state index contributed by atoms with van der Waals surface area (Å²) in [6.45, 7) is 10.6. The first-order valence-electron chi connectivity index (χ1n) is 7.29. The Kier molecular flexibility index (Phi) is 3.97. The second-order valence-corrected chi connectivity index (χ2v) is 6.53. The molecule has 0 spiro atoms. The van der Waals surface area contributed by atoms with Gasteiger partial charge in [0, 0.05) is 24.1 Å². The normalized spacial score (nSPS) is 17.4. The van der Waals surface area contributed by atoms with E-state index in [4.69, 9.17) is 10.7 Å². The van der Waals surface area contributed by atoms with Crippen LogP contribution >= 0.6 is 0 Å². The number of nitrogen functional groups attached to an aromatic ring is 1. The lowest BCUT2D eigenvalue weighted by molar-refractivity contribution is 0.544. The van der Waals surface area contributed by atoms with Crippen LogP contribution in [0.3, 0.4) is 0 Å².